The van der Waals surface area contributed by atoms with E-state index in [2.05, 4.69) is 63.5 Å². The fourth-order valence-corrected chi connectivity index (χ4v) is 4.02. The van der Waals surface area contributed by atoms with Gasteiger partial charge in [0.05, 0.1) is 0 Å². The zero-order valence-corrected chi connectivity index (χ0v) is 14.6. The third kappa shape index (κ3) is 2.93. The Labute approximate surface area is 143 Å². The molecule has 0 fully saturated rings. The molecule has 128 valence electrons. The van der Waals surface area contributed by atoms with Crippen molar-refractivity contribution in [3.8, 4) is 0 Å². The number of benzene rings is 1. The highest BCUT2D eigenvalue weighted by Crippen LogP contribution is 2.30. The number of aromatic nitrogens is 3. The number of nitrogens with zero attached hydrogens (tertiary/aromatic N) is 3. The van der Waals surface area contributed by atoms with E-state index < -0.39 is 0 Å². The molecule has 2 aromatic rings. The number of fused-ring (bicyclic) bond motifs is 2. The molecule has 1 aromatic heterocycles. The first kappa shape index (κ1) is 15.6. The second-order valence-corrected chi connectivity index (χ2v) is 7.35. The van der Waals surface area contributed by atoms with E-state index in [0.29, 0.717) is 18.0 Å². The Morgan fingerprint density at radius 2 is 2.08 bits per heavy atom. The Bertz CT molecular complexity index is 706. The van der Waals surface area contributed by atoms with Crippen molar-refractivity contribution >= 4 is 5.69 Å². The first-order valence-electron chi connectivity index (χ1n) is 9.23. The zero-order valence-electron chi connectivity index (χ0n) is 14.6. The molecule has 0 radical (unpaired) electrons. The summed E-state index contributed by atoms with van der Waals surface area (Å²) in [6.45, 7) is 6.44. The summed E-state index contributed by atoms with van der Waals surface area (Å²) in [6, 6.07) is 9.65. The molecule has 0 spiro atoms. The van der Waals surface area contributed by atoms with Gasteiger partial charge in [-0.2, -0.15) is 0 Å². The van der Waals surface area contributed by atoms with Gasteiger partial charge in [0, 0.05) is 43.2 Å². The molecule has 5 nitrogen and oxygen atoms in total. The van der Waals surface area contributed by atoms with Crippen LogP contribution >= 0.6 is 0 Å². The number of para-hydroxylation sites is 1. The number of rotatable bonds is 3. The zero-order chi connectivity index (χ0) is 16.5. The van der Waals surface area contributed by atoms with Gasteiger partial charge in [-0.1, -0.05) is 32.0 Å². The Kier molecular flexibility index (Phi) is 4.27. The molecule has 0 saturated heterocycles. The van der Waals surface area contributed by atoms with Gasteiger partial charge >= 0.3 is 0 Å². The predicted molar refractivity (Wildman–Crippen MR) is 96.3 cm³/mol. The van der Waals surface area contributed by atoms with Gasteiger partial charge in [0.25, 0.3) is 0 Å². The molecule has 2 aliphatic rings. The van der Waals surface area contributed by atoms with Gasteiger partial charge in [0.15, 0.2) is 0 Å². The van der Waals surface area contributed by atoms with Crippen molar-refractivity contribution in [1.29, 1.82) is 0 Å². The van der Waals surface area contributed by atoms with E-state index in [1.807, 2.05) is 0 Å². The van der Waals surface area contributed by atoms with E-state index in [9.17, 15) is 0 Å². The monoisotopic (exact) mass is 325 g/mol. The minimum Gasteiger partial charge on any atom is -0.385 e. The minimum absolute atomic E-state index is 0.424. The summed E-state index contributed by atoms with van der Waals surface area (Å²) in [4.78, 5) is 0. The van der Waals surface area contributed by atoms with E-state index in [-0.39, 0.29) is 0 Å². The van der Waals surface area contributed by atoms with Crippen molar-refractivity contribution < 1.29 is 0 Å². The van der Waals surface area contributed by atoms with Gasteiger partial charge in [0.2, 0.25) is 0 Å². The lowest BCUT2D eigenvalue weighted by Crippen LogP contribution is -2.40. The second-order valence-electron chi connectivity index (χ2n) is 7.35. The van der Waals surface area contributed by atoms with Crippen LogP contribution in [0.4, 0.5) is 5.69 Å². The Balaban J connectivity index is 1.53. The molecule has 0 unspecified atom stereocenters. The summed E-state index contributed by atoms with van der Waals surface area (Å²) >= 11 is 0. The lowest BCUT2D eigenvalue weighted by Gasteiger charge is -2.30. The molecule has 0 amide bonds. The van der Waals surface area contributed by atoms with Crippen molar-refractivity contribution in [2.24, 2.45) is 0 Å². The van der Waals surface area contributed by atoms with Crippen LogP contribution in [0.25, 0.3) is 0 Å². The molecular weight excluding hydrogens is 298 g/mol. The standard InChI is InChI=1S/C19H27N5/c1-13(2)19-23-22-18-10-9-14(12-24(18)19)21-17-8-5-11-20-16-7-4-3-6-15(16)17/h3-4,6-7,13-14,17,20-21H,5,8-12H2,1-2H3/t14-,17+/m1/s1. The lowest BCUT2D eigenvalue weighted by molar-refractivity contribution is 0.329. The van der Waals surface area contributed by atoms with E-state index in [0.717, 1.165) is 37.6 Å². The summed E-state index contributed by atoms with van der Waals surface area (Å²) in [7, 11) is 0. The van der Waals surface area contributed by atoms with Gasteiger partial charge < -0.3 is 15.2 Å². The number of anilines is 1. The maximum atomic E-state index is 4.40. The fourth-order valence-electron chi connectivity index (χ4n) is 4.02. The van der Waals surface area contributed by atoms with Crippen molar-refractivity contribution in [3.63, 3.8) is 0 Å². The van der Waals surface area contributed by atoms with E-state index in [4.69, 9.17) is 0 Å². The maximum Gasteiger partial charge on any atom is 0.135 e. The molecular formula is C19H27N5. The Morgan fingerprint density at radius 3 is 2.96 bits per heavy atom. The summed E-state index contributed by atoms with van der Waals surface area (Å²) in [6.07, 6.45) is 4.55. The average molecular weight is 325 g/mol. The number of nitrogens with one attached hydrogen (secondary N) is 2. The third-order valence-electron chi connectivity index (χ3n) is 5.25. The van der Waals surface area contributed by atoms with Gasteiger partial charge in [-0.25, -0.2) is 0 Å². The lowest BCUT2D eigenvalue weighted by atomic mass is 9.98. The van der Waals surface area contributed by atoms with Crippen molar-refractivity contribution in [1.82, 2.24) is 20.1 Å². The molecule has 0 bridgehead atoms. The maximum absolute atomic E-state index is 4.40. The topological polar surface area (TPSA) is 54.8 Å². The van der Waals surface area contributed by atoms with E-state index >= 15 is 0 Å². The number of hydrogen-bond donors (Lipinski definition) is 2. The first-order chi connectivity index (χ1) is 11.7. The quantitative estimate of drug-likeness (QED) is 0.909. The minimum atomic E-state index is 0.424. The number of aryl methyl sites for hydroxylation is 1. The molecule has 2 atom stereocenters. The summed E-state index contributed by atoms with van der Waals surface area (Å²) < 4.78 is 2.34. The molecule has 5 heteroatoms. The normalized spacial score (nSPS) is 23.3. The largest absolute Gasteiger partial charge is 0.385 e. The van der Waals surface area contributed by atoms with Crippen LogP contribution in [-0.4, -0.2) is 27.4 Å². The predicted octanol–water partition coefficient (Wildman–Crippen LogP) is 3.25. The summed E-state index contributed by atoms with van der Waals surface area (Å²) in [5, 5.41) is 16.3. The van der Waals surface area contributed by atoms with Crippen LogP contribution in [-0.2, 0) is 13.0 Å². The highest BCUT2D eigenvalue weighted by molar-refractivity contribution is 5.53. The van der Waals surface area contributed by atoms with Crippen LogP contribution in [0.15, 0.2) is 24.3 Å². The highest BCUT2D eigenvalue weighted by Gasteiger charge is 2.27. The average Bonchev–Trinajstić information content (AvgIpc) is 2.91. The Morgan fingerprint density at radius 1 is 1.21 bits per heavy atom. The fraction of sp³-hybridized carbons (Fsp3) is 0.579. The van der Waals surface area contributed by atoms with E-state index in [1.165, 1.54) is 24.1 Å². The molecule has 0 saturated carbocycles. The number of hydrogen-bond acceptors (Lipinski definition) is 4. The smallest absolute Gasteiger partial charge is 0.135 e. The van der Waals surface area contributed by atoms with Crippen LogP contribution in [0.3, 0.4) is 0 Å². The van der Waals surface area contributed by atoms with Gasteiger partial charge in [-0.3, -0.25) is 0 Å². The molecule has 1 aromatic carbocycles. The van der Waals surface area contributed by atoms with Gasteiger partial charge in [-0.15, -0.1) is 10.2 Å². The van der Waals surface area contributed by atoms with Crippen LogP contribution < -0.4 is 10.6 Å². The third-order valence-corrected chi connectivity index (χ3v) is 5.25. The van der Waals surface area contributed by atoms with Crippen LogP contribution in [0, 0.1) is 0 Å². The van der Waals surface area contributed by atoms with Gasteiger partial charge in [0.1, 0.15) is 11.6 Å². The molecule has 2 aliphatic heterocycles. The summed E-state index contributed by atoms with van der Waals surface area (Å²) in [5.74, 6) is 2.70. The molecule has 0 aliphatic carbocycles. The van der Waals surface area contributed by atoms with E-state index in [1.54, 1.807) is 0 Å². The first-order valence-corrected chi connectivity index (χ1v) is 9.23. The highest BCUT2D eigenvalue weighted by atomic mass is 15.3. The van der Waals surface area contributed by atoms with Crippen molar-refractivity contribution in [3.05, 3.63) is 41.5 Å². The molecule has 4 rings (SSSR count). The van der Waals surface area contributed by atoms with Crippen molar-refractivity contribution in [2.75, 3.05) is 11.9 Å². The van der Waals surface area contributed by atoms with Crippen LogP contribution in [0.2, 0.25) is 0 Å². The molecule has 3 heterocycles. The Hall–Kier alpha value is -1.88. The van der Waals surface area contributed by atoms with Crippen LogP contribution in [0.5, 0.6) is 0 Å². The SMILES string of the molecule is CC(C)c1nnc2n1C[C@H](N[C@H]1CCCNc3ccccc31)CC2. The van der Waals surface area contributed by atoms with Crippen molar-refractivity contribution in [2.45, 2.75) is 64.1 Å². The van der Waals surface area contributed by atoms with Gasteiger partial charge in [-0.05, 0) is 30.9 Å². The second kappa shape index (κ2) is 6.55. The molecule has 2 N–H and O–H groups in total. The van der Waals surface area contributed by atoms with Crippen LogP contribution in [0.1, 0.15) is 62.3 Å². The summed E-state index contributed by atoms with van der Waals surface area (Å²) in [5.41, 5.74) is 2.70. The molecule has 24 heavy (non-hydrogen) atoms.